The molecule has 168 valence electrons. The lowest BCUT2D eigenvalue weighted by Crippen LogP contribution is -2.54. The van der Waals surface area contributed by atoms with Gasteiger partial charge in [0.1, 0.15) is 5.57 Å². The topological polar surface area (TPSA) is 54.3 Å². The molecule has 0 bridgehead atoms. The van der Waals surface area contributed by atoms with Gasteiger partial charge in [-0.25, -0.2) is 0 Å². The molecule has 6 heteroatoms. The Morgan fingerprint density at radius 1 is 0.909 bits per heavy atom. The molecule has 1 aromatic heterocycles. The first kappa shape index (κ1) is 22.7. The summed E-state index contributed by atoms with van der Waals surface area (Å²) in [6.07, 6.45) is 2.56. The molecule has 0 saturated carbocycles. The second-order valence-electron chi connectivity index (χ2n) is 8.41. The number of amides is 2. The summed E-state index contributed by atoms with van der Waals surface area (Å²) in [6.45, 7) is 10.3. The van der Waals surface area contributed by atoms with Crippen molar-refractivity contribution in [3.05, 3.63) is 87.7 Å². The number of anilines is 1. The summed E-state index contributed by atoms with van der Waals surface area (Å²) in [5.41, 5.74) is 8.14. The number of carbonyl (C=O) groups is 2. The van der Waals surface area contributed by atoms with E-state index in [1.807, 2.05) is 44.2 Å². The Labute approximate surface area is 199 Å². The average molecular weight is 458 g/mol. The SMILES string of the molecule is CCc1ccc(N2C(=O)/C(=C/c3cc(C)n(-c4ccc(C)c(C)c4)c3C)C(=O)NC2=S)cc1. The second kappa shape index (κ2) is 8.79. The summed E-state index contributed by atoms with van der Waals surface area (Å²) in [6, 6.07) is 15.9. The monoisotopic (exact) mass is 457 g/mol. The van der Waals surface area contributed by atoms with Crippen LogP contribution in [0.4, 0.5) is 5.69 Å². The van der Waals surface area contributed by atoms with Crippen molar-refractivity contribution >= 4 is 40.9 Å². The predicted molar refractivity (Wildman–Crippen MR) is 137 cm³/mol. The zero-order chi connectivity index (χ0) is 23.9. The number of hydrogen-bond acceptors (Lipinski definition) is 3. The molecule has 33 heavy (non-hydrogen) atoms. The Bertz CT molecular complexity index is 1320. The van der Waals surface area contributed by atoms with Crippen LogP contribution in [0, 0.1) is 27.7 Å². The number of nitrogens with zero attached hydrogens (tertiary/aromatic N) is 2. The Balaban J connectivity index is 1.74. The summed E-state index contributed by atoms with van der Waals surface area (Å²) >= 11 is 5.32. The van der Waals surface area contributed by atoms with E-state index in [0.29, 0.717) is 5.69 Å². The normalized spacial score (nSPS) is 15.4. The zero-order valence-electron chi connectivity index (χ0n) is 19.5. The highest BCUT2D eigenvalue weighted by Crippen LogP contribution is 2.27. The molecule has 0 aliphatic carbocycles. The van der Waals surface area contributed by atoms with Gasteiger partial charge in [-0.05, 0) is 105 Å². The maximum absolute atomic E-state index is 13.4. The molecular formula is C27H27N3O2S. The Kier molecular flexibility index (Phi) is 6.04. The maximum atomic E-state index is 13.4. The third-order valence-electron chi connectivity index (χ3n) is 6.22. The molecule has 1 saturated heterocycles. The van der Waals surface area contributed by atoms with Crippen molar-refractivity contribution in [1.82, 2.24) is 9.88 Å². The lowest BCUT2D eigenvalue weighted by molar-refractivity contribution is -0.122. The van der Waals surface area contributed by atoms with Gasteiger partial charge in [-0.1, -0.05) is 25.1 Å². The smallest absolute Gasteiger partial charge is 0.270 e. The fourth-order valence-electron chi connectivity index (χ4n) is 4.12. The van der Waals surface area contributed by atoms with E-state index in [9.17, 15) is 9.59 Å². The molecule has 0 atom stereocenters. The highest BCUT2D eigenvalue weighted by Gasteiger charge is 2.34. The van der Waals surface area contributed by atoms with Gasteiger partial charge >= 0.3 is 0 Å². The number of aryl methyl sites for hydroxylation is 4. The Morgan fingerprint density at radius 2 is 1.58 bits per heavy atom. The lowest BCUT2D eigenvalue weighted by Gasteiger charge is -2.29. The van der Waals surface area contributed by atoms with Gasteiger partial charge in [-0.15, -0.1) is 0 Å². The summed E-state index contributed by atoms with van der Waals surface area (Å²) in [5.74, 6) is -0.911. The number of nitrogens with one attached hydrogen (secondary N) is 1. The molecule has 0 unspecified atom stereocenters. The van der Waals surface area contributed by atoms with Gasteiger partial charge in [0.25, 0.3) is 11.8 Å². The minimum atomic E-state index is -0.484. The van der Waals surface area contributed by atoms with Crippen molar-refractivity contribution in [2.24, 2.45) is 0 Å². The third-order valence-corrected chi connectivity index (χ3v) is 6.51. The van der Waals surface area contributed by atoms with E-state index in [-0.39, 0.29) is 10.7 Å². The van der Waals surface area contributed by atoms with Crippen molar-refractivity contribution in [3.8, 4) is 5.69 Å². The van der Waals surface area contributed by atoms with E-state index in [1.165, 1.54) is 16.0 Å². The van der Waals surface area contributed by atoms with Crippen LogP contribution in [0.3, 0.4) is 0 Å². The van der Waals surface area contributed by atoms with Crippen molar-refractivity contribution in [1.29, 1.82) is 0 Å². The largest absolute Gasteiger partial charge is 0.318 e. The maximum Gasteiger partial charge on any atom is 0.270 e. The van der Waals surface area contributed by atoms with Crippen LogP contribution in [-0.2, 0) is 16.0 Å². The van der Waals surface area contributed by atoms with Crippen LogP contribution in [0.2, 0.25) is 0 Å². The highest BCUT2D eigenvalue weighted by molar-refractivity contribution is 7.80. The quantitative estimate of drug-likeness (QED) is 0.337. The van der Waals surface area contributed by atoms with Gasteiger partial charge in [-0.2, -0.15) is 0 Å². The molecule has 1 aliphatic heterocycles. The summed E-state index contributed by atoms with van der Waals surface area (Å²) in [4.78, 5) is 27.5. The van der Waals surface area contributed by atoms with Crippen molar-refractivity contribution < 1.29 is 9.59 Å². The standard InChI is InChI=1S/C27H27N3O2S/c1-6-20-8-11-22(12-9-20)30-26(32)24(25(31)28-27(30)33)15-21-14-18(4)29(19(21)5)23-10-7-16(2)17(3)13-23/h7-15H,6H2,1-5H3,(H,28,31,33)/b24-15+. The Morgan fingerprint density at radius 3 is 2.21 bits per heavy atom. The molecule has 3 aromatic rings. The molecule has 1 fully saturated rings. The molecule has 0 spiro atoms. The lowest BCUT2D eigenvalue weighted by atomic mass is 10.1. The van der Waals surface area contributed by atoms with E-state index < -0.39 is 11.8 Å². The summed E-state index contributed by atoms with van der Waals surface area (Å²) < 4.78 is 2.13. The molecule has 0 radical (unpaired) electrons. The molecule has 2 aromatic carbocycles. The first-order valence-electron chi connectivity index (χ1n) is 11.0. The van der Waals surface area contributed by atoms with Crippen LogP contribution in [0.25, 0.3) is 11.8 Å². The number of thiocarbonyl (C=S) groups is 1. The van der Waals surface area contributed by atoms with E-state index in [4.69, 9.17) is 12.2 Å². The average Bonchev–Trinajstić information content (AvgIpc) is 3.06. The molecule has 5 nitrogen and oxygen atoms in total. The first-order valence-corrected chi connectivity index (χ1v) is 11.4. The molecule has 2 amide bonds. The van der Waals surface area contributed by atoms with E-state index in [0.717, 1.165) is 34.6 Å². The van der Waals surface area contributed by atoms with Crippen LogP contribution in [-0.4, -0.2) is 21.5 Å². The zero-order valence-corrected chi connectivity index (χ0v) is 20.3. The van der Waals surface area contributed by atoms with E-state index >= 15 is 0 Å². The summed E-state index contributed by atoms with van der Waals surface area (Å²) in [5, 5.41) is 2.76. The molecule has 1 aliphatic rings. The first-order chi connectivity index (χ1) is 15.7. The van der Waals surface area contributed by atoms with Gasteiger partial charge in [-0.3, -0.25) is 19.8 Å². The van der Waals surface area contributed by atoms with Crippen molar-refractivity contribution in [3.63, 3.8) is 0 Å². The van der Waals surface area contributed by atoms with Crippen molar-refractivity contribution in [2.45, 2.75) is 41.0 Å². The van der Waals surface area contributed by atoms with Gasteiger partial charge in [0.2, 0.25) is 0 Å². The predicted octanol–water partition coefficient (Wildman–Crippen LogP) is 5.10. The number of benzene rings is 2. The van der Waals surface area contributed by atoms with Gasteiger partial charge in [0.05, 0.1) is 5.69 Å². The van der Waals surface area contributed by atoms with Crippen LogP contribution in [0.1, 0.15) is 40.6 Å². The number of carbonyl (C=O) groups excluding carboxylic acids is 2. The van der Waals surface area contributed by atoms with Crippen molar-refractivity contribution in [2.75, 3.05) is 4.90 Å². The second-order valence-corrected chi connectivity index (χ2v) is 8.79. The van der Waals surface area contributed by atoms with E-state index in [1.54, 1.807) is 6.08 Å². The van der Waals surface area contributed by atoms with E-state index in [2.05, 4.69) is 48.9 Å². The van der Waals surface area contributed by atoms with Gasteiger partial charge in [0, 0.05) is 17.1 Å². The minimum Gasteiger partial charge on any atom is -0.318 e. The highest BCUT2D eigenvalue weighted by atomic mass is 32.1. The molecule has 4 rings (SSSR count). The number of hydrogen-bond donors (Lipinski definition) is 1. The Hall–Kier alpha value is -3.51. The number of aromatic nitrogens is 1. The van der Waals surface area contributed by atoms with Crippen LogP contribution < -0.4 is 10.2 Å². The molecular weight excluding hydrogens is 430 g/mol. The molecule has 1 N–H and O–H groups in total. The fourth-order valence-corrected chi connectivity index (χ4v) is 4.40. The van der Waals surface area contributed by atoms with Crippen LogP contribution in [0.15, 0.2) is 54.1 Å². The minimum absolute atomic E-state index is 0.0588. The van der Waals surface area contributed by atoms with Crippen LogP contribution in [0.5, 0.6) is 0 Å². The summed E-state index contributed by atoms with van der Waals surface area (Å²) in [7, 11) is 0. The van der Waals surface area contributed by atoms with Crippen LogP contribution >= 0.6 is 12.2 Å². The van der Waals surface area contributed by atoms with Gasteiger partial charge in [0.15, 0.2) is 5.11 Å². The molecule has 2 heterocycles. The number of rotatable bonds is 4. The van der Waals surface area contributed by atoms with Gasteiger partial charge < -0.3 is 4.57 Å². The third kappa shape index (κ3) is 4.14. The fraction of sp³-hybridized carbons (Fsp3) is 0.222.